The Morgan fingerprint density at radius 3 is 3.00 bits per heavy atom. The molecule has 0 bridgehead atoms. The molecule has 6 nitrogen and oxygen atoms in total. The Morgan fingerprint density at radius 2 is 2.27 bits per heavy atom. The Balaban J connectivity index is 1.78. The number of amides is 1. The average molecular weight is 305 g/mol. The van der Waals surface area contributed by atoms with Crippen LogP contribution in [-0.2, 0) is 17.6 Å². The lowest BCUT2D eigenvalue weighted by molar-refractivity contribution is 0.128. The number of methoxy groups -OCH3 is 1. The van der Waals surface area contributed by atoms with Crippen LogP contribution >= 0.6 is 0 Å². The van der Waals surface area contributed by atoms with Crippen molar-refractivity contribution in [3.05, 3.63) is 23.4 Å². The number of carboxylic acid groups (broad SMARTS) is 1. The van der Waals surface area contributed by atoms with Gasteiger partial charge in [-0.2, -0.15) is 0 Å². The van der Waals surface area contributed by atoms with E-state index in [9.17, 15) is 9.90 Å². The Hall–Kier alpha value is -1.82. The number of hydrogen-bond donors (Lipinski definition) is 1. The molecule has 3 heterocycles. The molecule has 0 unspecified atom stereocenters. The standard InChI is InChI=1S/C16H23N3O3/c1-11-9-18(16(20)21)10-14-8-12-5-6-13(4-3-7-22-2)17-15(12)19(11)14/h5-6,11,14H,3-4,7-10H2,1-2H3,(H,20,21)/t11-,14-/m1/s1. The second kappa shape index (κ2) is 6.12. The fraction of sp³-hybridized carbons (Fsp3) is 0.625. The van der Waals surface area contributed by atoms with E-state index in [2.05, 4.69) is 24.0 Å². The van der Waals surface area contributed by atoms with E-state index in [0.29, 0.717) is 13.1 Å². The molecule has 0 aromatic carbocycles. The van der Waals surface area contributed by atoms with Gasteiger partial charge in [0, 0.05) is 38.5 Å². The largest absolute Gasteiger partial charge is 0.465 e. The molecule has 1 fully saturated rings. The van der Waals surface area contributed by atoms with E-state index < -0.39 is 6.09 Å². The van der Waals surface area contributed by atoms with Gasteiger partial charge in [0.05, 0.1) is 6.04 Å². The van der Waals surface area contributed by atoms with Crippen molar-refractivity contribution in [1.82, 2.24) is 9.88 Å². The fourth-order valence-electron chi connectivity index (χ4n) is 3.57. The number of anilines is 1. The summed E-state index contributed by atoms with van der Waals surface area (Å²) in [6.07, 6.45) is 1.94. The number of fused-ring (bicyclic) bond motifs is 3. The zero-order valence-corrected chi connectivity index (χ0v) is 13.2. The van der Waals surface area contributed by atoms with E-state index in [1.54, 1.807) is 7.11 Å². The third-order valence-electron chi connectivity index (χ3n) is 4.55. The highest BCUT2D eigenvalue weighted by Crippen LogP contribution is 2.35. The van der Waals surface area contributed by atoms with E-state index in [-0.39, 0.29) is 12.1 Å². The summed E-state index contributed by atoms with van der Waals surface area (Å²) in [7, 11) is 1.71. The van der Waals surface area contributed by atoms with Crippen molar-refractivity contribution in [2.45, 2.75) is 38.3 Å². The average Bonchev–Trinajstić information content (AvgIpc) is 2.85. The number of ether oxygens (including phenoxy) is 1. The number of rotatable bonds is 4. The van der Waals surface area contributed by atoms with Crippen LogP contribution in [-0.4, -0.2) is 60.0 Å². The van der Waals surface area contributed by atoms with E-state index in [1.165, 1.54) is 10.5 Å². The third-order valence-corrected chi connectivity index (χ3v) is 4.55. The minimum atomic E-state index is -0.823. The number of pyridine rings is 1. The molecule has 0 radical (unpaired) electrons. The van der Waals surface area contributed by atoms with Gasteiger partial charge in [-0.1, -0.05) is 6.07 Å². The number of hydrogen-bond acceptors (Lipinski definition) is 4. The Bertz CT molecular complexity index is 564. The highest BCUT2D eigenvalue weighted by atomic mass is 16.5. The summed E-state index contributed by atoms with van der Waals surface area (Å²) in [5.74, 6) is 1.05. The summed E-state index contributed by atoms with van der Waals surface area (Å²) in [6, 6.07) is 4.63. The topological polar surface area (TPSA) is 65.9 Å². The van der Waals surface area contributed by atoms with Gasteiger partial charge in [0.2, 0.25) is 0 Å². The molecule has 0 spiro atoms. The van der Waals surface area contributed by atoms with Crippen LogP contribution in [0.3, 0.4) is 0 Å². The summed E-state index contributed by atoms with van der Waals surface area (Å²) >= 11 is 0. The van der Waals surface area contributed by atoms with Crippen LogP contribution in [0.15, 0.2) is 12.1 Å². The Labute approximate surface area is 130 Å². The van der Waals surface area contributed by atoms with Crippen molar-refractivity contribution >= 4 is 11.9 Å². The maximum atomic E-state index is 11.2. The second-order valence-corrected chi connectivity index (χ2v) is 6.18. The van der Waals surface area contributed by atoms with Crippen LogP contribution in [0.4, 0.5) is 10.6 Å². The number of carbonyl (C=O) groups is 1. The molecule has 1 amide bonds. The summed E-state index contributed by atoms with van der Waals surface area (Å²) in [6.45, 7) is 3.93. The van der Waals surface area contributed by atoms with E-state index in [4.69, 9.17) is 9.72 Å². The maximum Gasteiger partial charge on any atom is 0.407 e. The van der Waals surface area contributed by atoms with Crippen molar-refractivity contribution in [2.24, 2.45) is 0 Å². The van der Waals surface area contributed by atoms with Crippen molar-refractivity contribution in [1.29, 1.82) is 0 Å². The van der Waals surface area contributed by atoms with Gasteiger partial charge in [-0.15, -0.1) is 0 Å². The van der Waals surface area contributed by atoms with Crippen molar-refractivity contribution in [3.8, 4) is 0 Å². The van der Waals surface area contributed by atoms with Crippen LogP contribution in [0.25, 0.3) is 0 Å². The van der Waals surface area contributed by atoms with Crippen LogP contribution < -0.4 is 4.90 Å². The van der Waals surface area contributed by atoms with Crippen molar-refractivity contribution < 1.29 is 14.6 Å². The van der Waals surface area contributed by atoms with E-state index in [1.807, 2.05) is 0 Å². The minimum absolute atomic E-state index is 0.165. The molecule has 1 aromatic heterocycles. The zero-order valence-electron chi connectivity index (χ0n) is 13.2. The monoisotopic (exact) mass is 305 g/mol. The molecule has 2 aliphatic heterocycles. The molecule has 1 aromatic rings. The zero-order chi connectivity index (χ0) is 15.7. The highest BCUT2D eigenvalue weighted by Gasteiger charge is 2.40. The normalized spacial score (nSPS) is 23.4. The summed E-state index contributed by atoms with van der Waals surface area (Å²) in [5.41, 5.74) is 2.32. The maximum absolute atomic E-state index is 11.2. The first-order chi connectivity index (χ1) is 10.6. The molecule has 22 heavy (non-hydrogen) atoms. The lowest BCUT2D eigenvalue weighted by atomic mass is 10.1. The SMILES string of the molecule is COCCCc1ccc2c(n1)N1[C@H](C2)CN(C(=O)O)C[C@H]1C. The quantitative estimate of drug-likeness (QED) is 0.859. The Morgan fingerprint density at radius 1 is 1.45 bits per heavy atom. The molecular weight excluding hydrogens is 282 g/mol. The summed E-state index contributed by atoms with van der Waals surface area (Å²) < 4.78 is 5.09. The van der Waals surface area contributed by atoms with Crippen LogP contribution in [0, 0.1) is 0 Å². The first kappa shape index (κ1) is 15.1. The second-order valence-electron chi connectivity index (χ2n) is 6.18. The summed E-state index contributed by atoms with van der Waals surface area (Å²) in [5, 5.41) is 9.24. The first-order valence-corrected chi connectivity index (χ1v) is 7.84. The number of piperazine rings is 1. The molecule has 6 heteroatoms. The molecule has 0 aliphatic carbocycles. The van der Waals surface area contributed by atoms with E-state index >= 15 is 0 Å². The van der Waals surface area contributed by atoms with Crippen molar-refractivity contribution in [3.63, 3.8) is 0 Å². The van der Waals surface area contributed by atoms with Crippen LogP contribution in [0.2, 0.25) is 0 Å². The van der Waals surface area contributed by atoms with Crippen LogP contribution in [0.1, 0.15) is 24.6 Å². The molecule has 120 valence electrons. The minimum Gasteiger partial charge on any atom is -0.465 e. The van der Waals surface area contributed by atoms with Gasteiger partial charge in [-0.25, -0.2) is 9.78 Å². The smallest absolute Gasteiger partial charge is 0.407 e. The van der Waals surface area contributed by atoms with Gasteiger partial charge < -0.3 is 19.6 Å². The van der Waals surface area contributed by atoms with Gasteiger partial charge in [0.25, 0.3) is 0 Å². The molecular formula is C16H23N3O3. The van der Waals surface area contributed by atoms with Gasteiger partial charge in [0.15, 0.2) is 0 Å². The van der Waals surface area contributed by atoms with Gasteiger partial charge in [-0.05, 0) is 37.8 Å². The van der Waals surface area contributed by atoms with Gasteiger partial charge in [0.1, 0.15) is 5.82 Å². The van der Waals surface area contributed by atoms with Gasteiger partial charge >= 0.3 is 6.09 Å². The third kappa shape index (κ3) is 2.75. The predicted molar refractivity (Wildman–Crippen MR) is 83.5 cm³/mol. The highest BCUT2D eigenvalue weighted by molar-refractivity contribution is 5.67. The van der Waals surface area contributed by atoms with Crippen LogP contribution in [0.5, 0.6) is 0 Å². The molecule has 1 N–H and O–H groups in total. The molecule has 3 rings (SSSR count). The molecule has 1 saturated heterocycles. The number of aryl methyl sites for hydroxylation is 1. The predicted octanol–water partition coefficient (Wildman–Crippen LogP) is 1.77. The molecule has 0 saturated carbocycles. The fourth-order valence-corrected chi connectivity index (χ4v) is 3.57. The van der Waals surface area contributed by atoms with Crippen molar-refractivity contribution in [2.75, 3.05) is 31.7 Å². The lowest BCUT2D eigenvalue weighted by Crippen LogP contribution is -2.58. The Kier molecular flexibility index (Phi) is 4.20. The molecule has 2 aliphatic rings. The van der Waals surface area contributed by atoms with Gasteiger partial charge in [-0.3, -0.25) is 0 Å². The molecule has 2 atom stereocenters. The number of aromatic nitrogens is 1. The summed E-state index contributed by atoms with van der Waals surface area (Å²) in [4.78, 5) is 19.9. The lowest BCUT2D eigenvalue weighted by Gasteiger charge is -2.42. The van der Waals surface area contributed by atoms with E-state index in [0.717, 1.165) is 37.4 Å². The first-order valence-electron chi connectivity index (χ1n) is 7.84. The number of nitrogens with zero attached hydrogens (tertiary/aromatic N) is 3.